The molecule has 2 rings (SSSR count). The molecule has 2 aromatic rings. The number of carbonyl (C=O) groups is 2. The second kappa shape index (κ2) is 12.9. The zero-order valence-corrected chi connectivity index (χ0v) is 19.1. The van der Waals surface area contributed by atoms with E-state index in [4.69, 9.17) is 9.47 Å². The molecule has 0 bridgehead atoms. The van der Waals surface area contributed by atoms with Crippen LogP contribution in [0.1, 0.15) is 66.7 Å². The zero-order chi connectivity index (χ0) is 21.8. The predicted octanol–water partition coefficient (Wildman–Crippen LogP) is 5.27. The molecule has 6 nitrogen and oxygen atoms in total. The lowest BCUT2D eigenvalue weighted by Crippen LogP contribution is -2.41. The first kappa shape index (κ1) is 23.7. The van der Waals surface area contributed by atoms with Crippen molar-refractivity contribution in [1.82, 2.24) is 10.9 Å². The SMILES string of the molecule is CCCCCCOc1ccc(C(=O)NNC(=O)c2cc(Br)ccc2OCCC)cc1. The van der Waals surface area contributed by atoms with E-state index in [9.17, 15) is 9.59 Å². The lowest BCUT2D eigenvalue weighted by atomic mass is 10.2. The van der Waals surface area contributed by atoms with Gasteiger partial charge in [-0.3, -0.25) is 20.4 Å². The standard InChI is InChI=1S/C23H29BrN2O4/c1-3-5-6-7-15-29-19-11-8-17(9-12-19)22(27)25-26-23(28)20-16-18(24)10-13-21(20)30-14-4-2/h8-13,16H,3-7,14-15H2,1-2H3,(H,25,27)(H,26,28). The van der Waals surface area contributed by atoms with Gasteiger partial charge in [-0.05, 0) is 55.3 Å². The monoisotopic (exact) mass is 476 g/mol. The van der Waals surface area contributed by atoms with Gasteiger partial charge in [-0.1, -0.05) is 49.0 Å². The average molecular weight is 477 g/mol. The fourth-order valence-corrected chi connectivity index (χ4v) is 3.05. The summed E-state index contributed by atoms with van der Waals surface area (Å²) in [6.07, 6.45) is 5.39. The molecule has 0 heterocycles. The maximum atomic E-state index is 12.5. The van der Waals surface area contributed by atoms with Crippen LogP contribution in [-0.4, -0.2) is 25.0 Å². The maximum absolute atomic E-state index is 12.5. The van der Waals surface area contributed by atoms with Crippen LogP contribution in [0.5, 0.6) is 11.5 Å². The first-order valence-corrected chi connectivity index (χ1v) is 11.1. The Kier molecular flexibility index (Phi) is 10.2. The molecule has 0 saturated heterocycles. The van der Waals surface area contributed by atoms with Crippen molar-refractivity contribution < 1.29 is 19.1 Å². The highest BCUT2D eigenvalue weighted by atomic mass is 79.9. The summed E-state index contributed by atoms with van der Waals surface area (Å²) >= 11 is 3.35. The van der Waals surface area contributed by atoms with E-state index in [2.05, 4.69) is 33.7 Å². The smallest absolute Gasteiger partial charge is 0.273 e. The van der Waals surface area contributed by atoms with Gasteiger partial charge in [-0.2, -0.15) is 0 Å². The highest BCUT2D eigenvalue weighted by Crippen LogP contribution is 2.23. The Bertz CT molecular complexity index is 824. The van der Waals surface area contributed by atoms with E-state index in [1.54, 1.807) is 42.5 Å². The van der Waals surface area contributed by atoms with Crippen LogP contribution in [0.2, 0.25) is 0 Å². The van der Waals surface area contributed by atoms with Crippen LogP contribution >= 0.6 is 15.9 Å². The van der Waals surface area contributed by atoms with Crippen LogP contribution < -0.4 is 20.3 Å². The van der Waals surface area contributed by atoms with Crippen LogP contribution in [0.4, 0.5) is 0 Å². The minimum absolute atomic E-state index is 0.338. The van der Waals surface area contributed by atoms with Gasteiger partial charge in [-0.15, -0.1) is 0 Å². The molecule has 0 saturated carbocycles. The van der Waals surface area contributed by atoms with E-state index in [1.807, 2.05) is 6.92 Å². The number of amides is 2. The molecule has 0 atom stereocenters. The highest BCUT2D eigenvalue weighted by molar-refractivity contribution is 9.10. The third-order valence-corrected chi connectivity index (χ3v) is 4.81. The van der Waals surface area contributed by atoms with Crippen LogP contribution in [-0.2, 0) is 0 Å². The molecule has 2 aromatic carbocycles. The van der Waals surface area contributed by atoms with Crippen LogP contribution in [0.15, 0.2) is 46.9 Å². The van der Waals surface area contributed by atoms with Crippen molar-refractivity contribution in [2.24, 2.45) is 0 Å². The molecule has 0 unspecified atom stereocenters. The summed E-state index contributed by atoms with van der Waals surface area (Å²) in [5, 5.41) is 0. The molecule has 2 amide bonds. The van der Waals surface area contributed by atoms with E-state index in [0.717, 1.165) is 29.5 Å². The number of unbranched alkanes of at least 4 members (excludes halogenated alkanes) is 3. The number of hydrazine groups is 1. The molecule has 30 heavy (non-hydrogen) atoms. The number of rotatable bonds is 11. The van der Waals surface area contributed by atoms with Gasteiger partial charge in [0.05, 0.1) is 18.8 Å². The zero-order valence-electron chi connectivity index (χ0n) is 17.5. The van der Waals surface area contributed by atoms with E-state index >= 15 is 0 Å². The second-order valence-corrected chi connectivity index (χ2v) is 7.75. The second-order valence-electron chi connectivity index (χ2n) is 6.83. The summed E-state index contributed by atoms with van der Waals surface area (Å²) in [6, 6.07) is 12.0. The molecule has 0 aromatic heterocycles. The van der Waals surface area contributed by atoms with E-state index in [1.165, 1.54) is 12.8 Å². The Morgan fingerprint density at radius 3 is 2.27 bits per heavy atom. The number of benzene rings is 2. The molecule has 0 aliphatic rings. The molecule has 0 fully saturated rings. The molecule has 7 heteroatoms. The van der Waals surface area contributed by atoms with Gasteiger partial charge < -0.3 is 9.47 Å². The lowest BCUT2D eigenvalue weighted by Gasteiger charge is -2.12. The minimum Gasteiger partial charge on any atom is -0.494 e. The topological polar surface area (TPSA) is 76.7 Å². The first-order valence-electron chi connectivity index (χ1n) is 10.3. The van der Waals surface area contributed by atoms with Crippen molar-refractivity contribution in [2.45, 2.75) is 46.0 Å². The van der Waals surface area contributed by atoms with Gasteiger partial charge in [0.25, 0.3) is 11.8 Å². The molecule has 2 N–H and O–H groups in total. The van der Waals surface area contributed by atoms with E-state index < -0.39 is 11.8 Å². The average Bonchev–Trinajstić information content (AvgIpc) is 2.76. The van der Waals surface area contributed by atoms with Gasteiger partial charge in [0.15, 0.2) is 0 Å². The summed E-state index contributed by atoms with van der Waals surface area (Å²) in [5.74, 6) is 0.317. The molecule has 0 aliphatic carbocycles. The van der Waals surface area contributed by atoms with Crippen molar-refractivity contribution in [3.8, 4) is 11.5 Å². The summed E-state index contributed by atoms with van der Waals surface area (Å²) in [7, 11) is 0. The van der Waals surface area contributed by atoms with Crippen molar-refractivity contribution in [1.29, 1.82) is 0 Å². The van der Waals surface area contributed by atoms with Crippen molar-refractivity contribution in [3.05, 3.63) is 58.1 Å². The number of nitrogens with one attached hydrogen (secondary N) is 2. The Morgan fingerprint density at radius 2 is 1.57 bits per heavy atom. The van der Waals surface area contributed by atoms with Gasteiger partial charge in [0.1, 0.15) is 11.5 Å². The first-order chi connectivity index (χ1) is 14.5. The van der Waals surface area contributed by atoms with Gasteiger partial charge >= 0.3 is 0 Å². The number of ether oxygens (including phenoxy) is 2. The molecular weight excluding hydrogens is 448 g/mol. The maximum Gasteiger partial charge on any atom is 0.273 e. The fraction of sp³-hybridized carbons (Fsp3) is 0.391. The van der Waals surface area contributed by atoms with Gasteiger partial charge in [-0.25, -0.2) is 0 Å². The Morgan fingerprint density at radius 1 is 0.833 bits per heavy atom. The van der Waals surface area contributed by atoms with E-state index in [-0.39, 0.29) is 0 Å². The summed E-state index contributed by atoms with van der Waals surface area (Å²) in [4.78, 5) is 24.9. The third kappa shape index (κ3) is 7.71. The fourth-order valence-electron chi connectivity index (χ4n) is 2.69. The highest BCUT2D eigenvalue weighted by Gasteiger charge is 2.15. The van der Waals surface area contributed by atoms with Gasteiger partial charge in [0.2, 0.25) is 0 Å². The Balaban J connectivity index is 1.88. The molecule has 162 valence electrons. The molecular formula is C23H29BrN2O4. The van der Waals surface area contributed by atoms with E-state index in [0.29, 0.717) is 30.1 Å². The quantitative estimate of drug-likeness (QED) is 0.342. The van der Waals surface area contributed by atoms with Crippen LogP contribution in [0, 0.1) is 0 Å². The predicted molar refractivity (Wildman–Crippen MR) is 121 cm³/mol. The summed E-state index contributed by atoms with van der Waals surface area (Å²) in [6.45, 7) is 5.32. The number of hydrogen-bond donors (Lipinski definition) is 2. The van der Waals surface area contributed by atoms with Crippen LogP contribution in [0.3, 0.4) is 0 Å². The minimum atomic E-state index is -0.456. The van der Waals surface area contributed by atoms with Crippen molar-refractivity contribution in [2.75, 3.05) is 13.2 Å². The normalized spacial score (nSPS) is 10.4. The Hall–Kier alpha value is -2.54. The van der Waals surface area contributed by atoms with Crippen molar-refractivity contribution >= 4 is 27.7 Å². The van der Waals surface area contributed by atoms with Crippen molar-refractivity contribution in [3.63, 3.8) is 0 Å². The molecule has 0 radical (unpaired) electrons. The summed E-state index contributed by atoms with van der Waals surface area (Å²) < 4.78 is 12.0. The number of hydrogen-bond acceptors (Lipinski definition) is 4. The number of halogens is 1. The lowest BCUT2D eigenvalue weighted by molar-refractivity contribution is 0.0844. The number of carbonyl (C=O) groups excluding carboxylic acids is 2. The third-order valence-electron chi connectivity index (χ3n) is 4.32. The molecule has 0 aliphatic heterocycles. The molecule has 0 spiro atoms. The summed E-state index contributed by atoms with van der Waals surface area (Å²) in [5.41, 5.74) is 5.63. The van der Waals surface area contributed by atoms with Crippen LogP contribution in [0.25, 0.3) is 0 Å². The van der Waals surface area contributed by atoms with Gasteiger partial charge in [0, 0.05) is 10.0 Å². The largest absolute Gasteiger partial charge is 0.494 e. The Labute approximate surface area is 186 Å².